The third-order valence-corrected chi connectivity index (χ3v) is 3.35. The lowest BCUT2D eigenvalue weighted by Crippen LogP contribution is -2.29. The highest BCUT2D eigenvalue weighted by molar-refractivity contribution is 6.30. The number of nitrogens with zero attached hydrogens (tertiary/aromatic N) is 2. The molecule has 1 heterocycles. The predicted molar refractivity (Wildman–Crippen MR) is 73.0 cm³/mol. The minimum Gasteiger partial charge on any atom is -0.338 e. The van der Waals surface area contributed by atoms with E-state index in [0.29, 0.717) is 23.4 Å². The Morgan fingerprint density at radius 2 is 2.32 bits per heavy atom. The number of nitrogens with one attached hydrogen (secondary N) is 1. The van der Waals surface area contributed by atoms with E-state index in [2.05, 4.69) is 10.4 Å². The van der Waals surface area contributed by atoms with Gasteiger partial charge >= 0.3 is 0 Å². The topological polar surface area (TPSA) is 55.9 Å². The van der Waals surface area contributed by atoms with Crippen molar-refractivity contribution >= 4 is 11.6 Å². The molecule has 2 rings (SSSR count). The average molecular weight is 283 g/mol. The highest BCUT2D eigenvalue weighted by atomic mass is 35.5. The lowest BCUT2D eigenvalue weighted by molar-refractivity contribution is 0.479. The summed E-state index contributed by atoms with van der Waals surface area (Å²) in [5.74, 6) is 6.13. The molecule has 0 aliphatic carbocycles. The van der Waals surface area contributed by atoms with Gasteiger partial charge in [-0.2, -0.15) is 0 Å². The minimum absolute atomic E-state index is 0.296. The van der Waals surface area contributed by atoms with Crippen molar-refractivity contribution < 1.29 is 4.39 Å². The van der Waals surface area contributed by atoms with E-state index in [9.17, 15) is 4.39 Å². The maximum atomic E-state index is 13.8. The highest BCUT2D eigenvalue weighted by Crippen LogP contribution is 2.24. The predicted octanol–water partition coefficient (Wildman–Crippen LogP) is 2.35. The van der Waals surface area contributed by atoms with Crippen LogP contribution in [0.5, 0.6) is 0 Å². The molecule has 2 aromatic rings. The van der Waals surface area contributed by atoms with Crippen molar-refractivity contribution in [1.82, 2.24) is 15.0 Å². The summed E-state index contributed by atoms with van der Waals surface area (Å²) in [6.07, 6.45) is 4.95. The van der Waals surface area contributed by atoms with Crippen LogP contribution in [0.1, 0.15) is 23.9 Å². The van der Waals surface area contributed by atoms with Gasteiger partial charge < -0.3 is 4.57 Å². The van der Waals surface area contributed by atoms with Gasteiger partial charge in [-0.1, -0.05) is 11.6 Å². The van der Waals surface area contributed by atoms with Crippen molar-refractivity contribution in [1.29, 1.82) is 0 Å². The van der Waals surface area contributed by atoms with Gasteiger partial charge in [0, 0.05) is 42.5 Å². The van der Waals surface area contributed by atoms with Crippen LogP contribution in [0, 0.1) is 5.82 Å². The first kappa shape index (κ1) is 14.0. The van der Waals surface area contributed by atoms with Crippen LogP contribution < -0.4 is 11.3 Å². The minimum atomic E-state index is -0.313. The summed E-state index contributed by atoms with van der Waals surface area (Å²) in [4.78, 5) is 4.23. The summed E-state index contributed by atoms with van der Waals surface area (Å²) < 4.78 is 15.7. The van der Waals surface area contributed by atoms with Gasteiger partial charge in [-0.3, -0.25) is 11.3 Å². The molecular formula is C13H16ClFN4. The van der Waals surface area contributed by atoms with Crippen molar-refractivity contribution in [3.63, 3.8) is 0 Å². The Labute approximate surface area is 116 Å². The zero-order chi connectivity index (χ0) is 13.8. The first-order valence-corrected chi connectivity index (χ1v) is 6.37. The van der Waals surface area contributed by atoms with Crippen LogP contribution in [0.4, 0.5) is 4.39 Å². The lowest BCUT2D eigenvalue weighted by atomic mass is 10.0. The molecule has 1 aromatic heterocycles. The van der Waals surface area contributed by atoms with Gasteiger partial charge in [0.1, 0.15) is 11.6 Å². The van der Waals surface area contributed by atoms with E-state index in [-0.39, 0.29) is 11.9 Å². The number of benzene rings is 1. The van der Waals surface area contributed by atoms with Crippen LogP contribution in [-0.4, -0.2) is 9.55 Å². The molecule has 3 N–H and O–H groups in total. The molecule has 0 spiro atoms. The Bertz CT molecular complexity index is 555. The third kappa shape index (κ3) is 3.32. The second kappa shape index (κ2) is 6.14. The van der Waals surface area contributed by atoms with Gasteiger partial charge in [-0.05, 0) is 24.6 Å². The number of nitrogens with two attached hydrogens (primary N) is 1. The second-order valence-electron chi connectivity index (χ2n) is 4.38. The maximum absolute atomic E-state index is 13.8. The second-order valence-corrected chi connectivity index (χ2v) is 4.81. The van der Waals surface area contributed by atoms with Crippen molar-refractivity contribution in [3.8, 4) is 0 Å². The number of imidazole rings is 1. The SMILES string of the molecule is Cn1ccnc1CCC(NN)c1cc(Cl)ccc1F. The molecule has 4 nitrogen and oxygen atoms in total. The summed E-state index contributed by atoms with van der Waals surface area (Å²) in [6, 6.07) is 4.17. The first-order valence-electron chi connectivity index (χ1n) is 5.99. The first-order chi connectivity index (χ1) is 9.11. The van der Waals surface area contributed by atoms with Gasteiger partial charge in [0.25, 0.3) is 0 Å². The van der Waals surface area contributed by atoms with Gasteiger partial charge in [-0.25, -0.2) is 9.37 Å². The van der Waals surface area contributed by atoms with Crippen LogP contribution >= 0.6 is 11.6 Å². The van der Waals surface area contributed by atoms with Gasteiger partial charge in [0.05, 0.1) is 0 Å². The molecule has 0 saturated carbocycles. The van der Waals surface area contributed by atoms with Crippen LogP contribution in [0.25, 0.3) is 0 Å². The Morgan fingerprint density at radius 3 is 2.95 bits per heavy atom. The van der Waals surface area contributed by atoms with Crippen molar-refractivity contribution in [2.45, 2.75) is 18.9 Å². The van der Waals surface area contributed by atoms with Gasteiger partial charge in [0.15, 0.2) is 0 Å². The Balaban J connectivity index is 2.12. The molecule has 1 aromatic carbocycles. The molecule has 0 fully saturated rings. The number of hydrogen-bond acceptors (Lipinski definition) is 3. The van der Waals surface area contributed by atoms with E-state index in [1.807, 2.05) is 17.8 Å². The van der Waals surface area contributed by atoms with E-state index in [0.717, 1.165) is 5.82 Å². The Hall–Kier alpha value is -1.43. The number of rotatable bonds is 5. The fraction of sp³-hybridized carbons (Fsp3) is 0.308. The number of aryl methyl sites for hydroxylation is 2. The fourth-order valence-corrected chi connectivity index (χ4v) is 2.20. The molecule has 0 aliphatic heterocycles. The monoisotopic (exact) mass is 282 g/mol. The maximum Gasteiger partial charge on any atom is 0.128 e. The van der Waals surface area contributed by atoms with Gasteiger partial charge in [0.2, 0.25) is 0 Å². The summed E-state index contributed by atoms with van der Waals surface area (Å²) >= 11 is 5.89. The molecule has 0 bridgehead atoms. The van der Waals surface area contributed by atoms with E-state index in [1.54, 1.807) is 12.3 Å². The van der Waals surface area contributed by atoms with Crippen molar-refractivity contribution in [2.24, 2.45) is 12.9 Å². The zero-order valence-corrected chi connectivity index (χ0v) is 11.4. The molecule has 1 atom stereocenters. The van der Waals surface area contributed by atoms with Crippen molar-refractivity contribution in [3.05, 3.63) is 52.8 Å². The lowest BCUT2D eigenvalue weighted by Gasteiger charge is -2.17. The quantitative estimate of drug-likeness (QED) is 0.654. The standard InChI is InChI=1S/C13H16ClFN4/c1-19-7-6-17-13(19)5-4-12(18-16)10-8-9(14)2-3-11(10)15/h2-3,6-8,12,18H,4-5,16H2,1H3. The molecule has 0 radical (unpaired) electrons. The zero-order valence-electron chi connectivity index (χ0n) is 10.6. The molecular weight excluding hydrogens is 267 g/mol. The van der Waals surface area contributed by atoms with E-state index < -0.39 is 0 Å². The van der Waals surface area contributed by atoms with Crippen LogP contribution in [0.15, 0.2) is 30.6 Å². The number of halogens is 2. The molecule has 0 saturated heterocycles. The molecule has 6 heteroatoms. The van der Waals surface area contributed by atoms with E-state index in [1.165, 1.54) is 12.1 Å². The molecule has 0 aliphatic rings. The summed E-state index contributed by atoms with van der Waals surface area (Å²) in [5, 5.41) is 0.494. The number of hydrogen-bond donors (Lipinski definition) is 2. The highest BCUT2D eigenvalue weighted by Gasteiger charge is 2.15. The normalized spacial score (nSPS) is 12.6. The smallest absolute Gasteiger partial charge is 0.128 e. The Kier molecular flexibility index (Phi) is 4.52. The van der Waals surface area contributed by atoms with E-state index in [4.69, 9.17) is 17.4 Å². The Morgan fingerprint density at radius 1 is 1.53 bits per heavy atom. The molecule has 1 unspecified atom stereocenters. The molecule has 0 amide bonds. The third-order valence-electron chi connectivity index (χ3n) is 3.11. The van der Waals surface area contributed by atoms with Crippen LogP contribution in [0.3, 0.4) is 0 Å². The van der Waals surface area contributed by atoms with Crippen molar-refractivity contribution in [2.75, 3.05) is 0 Å². The fourth-order valence-electron chi connectivity index (χ4n) is 2.02. The number of hydrazine groups is 1. The summed E-state index contributed by atoms with van der Waals surface area (Å²) in [6.45, 7) is 0. The van der Waals surface area contributed by atoms with E-state index >= 15 is 0 Å². The molecule has 19 heavy (non-hydrogen) atoms. The largest absolute Gasteiger partial charge is 0.338 e. The van der Waals surface area contributed by atoms with Crippen LogP contribution in [-0.2, 0) is 13.5 Å². The summed E-state index contributed by atoms with van der Waals surface area (Å²) in [7, 11) is 1.92. The van der Waals surface area contributed by atoms with Gasteiger partial charge in [-0.15, -0.1) is 0 Å². The number of aromatic nitrogens is 2. The van der Waals surface area contributed by atoms with Crippen LogP contribution in [0.2, 0.25) is 5.02 Å². The summed E-state index contributed by atoms with van der Waals surface area (Å²) in [5.41, 5.74) is 3.11. The molecule has 102 valence electrons. The average Bonchev–Trinajstić information content (AvgIpc) is 2.80.